The molecule has 0 fully saturated rings. The van der Waals surface area contributed by atoms with Gasteiger partial charge in [-0.15, -0.1) is 0 Å². The van der Waals surface area contributed by atoms with Gasteiger partial charge >= 0.3 is 5.97 Å². The summed E-state index contributed by atoms with van der Waals surface area (Å²) in [6, 6.07) is 6.43. The van der Waals surface area contributed by atoms with E-state index in [-0.39, 0.29) is 5.97 Å². The van der Waals surface area contributed by atoms with Gasteiger partial charge < -0.3 is 9.64 Å². The number of ether oxygens (including phenoxy) is 1. The Morgan fingerprint density at radius 1 is 1.38 bits per heavy atom. The Labute approximate surface area is 96.0 Å². The normalized spacial score (nSPS) is 13.4. The number of carbonyl (C=O) groups excluding carboxylic acids is 1. The van der Waals surface area contributed by atoms with Crippen molar-refractivity contribution < 1.29 is 9.53 Å². The standard InChI is InChI=1S/C13H17NO2/c1-14(9-13(15)16-2)12-7-6-10-4-3-5-11(10)8-12/h6-8H,3-5,9H2,1-2H3. The zero-order chi connectivity index (χ0) is 11.5. The Morgan fingerprint density at radius 3 is 2.88 bits per heavy atom. The van der Waals surface area contributed by atoms with Crippen LogP contribution in [0.15, 0.2) is 18.2 Å². The molecule has 0 heterocycles. The van der Waals surface area contributed by atoms with Crippen LogP contribution in [-0.4, -0.2) is 26.7 Å². The van der Waals surface area contributed by atoms with Crippen LogP contribution < -0.4 is 4.90 Å². The fraction of sp³-hybridized carbons (Fsp3) is 0.462. The van der Waals surface area contributed by atoms with Crippen molar-refractivity contribution in [3.05, 3.63) is 29.3 Å². The second-order valence-corrected chi connectivity index (χ2v) is 4.24. The van der Waals surface area contributed by atoms with E-state index in [1.807, 2.05) is 11.9 Å². The molecule has 0 saturated heterocycles. The van der Waals surface area contributed by atoms with Crippen LogP contribution in [0.5, 0.6) is 0 Å². The lowest BCUT2D eigenvalue weighted by atomic mass is 10.1. The van der Waals surface area contributed by atoms with Crippen molar-refractivity contribution in [1.82, 2.24) is 0 Å². The van der Waals surface area contributed by atoms with E-state index in [0.29, 0.717) is 6.54 Å². The second kappa shape index (κ2) is 4.56. The maximum absolute atomic E-state index is 11.2. The van der Waals surface area contributed by atoms with Gasteiger partial charge in [-0.05, 0) is 42.5 Å². The quantitative estimate of drug-likeness (QED) is 0.726. The molecule has 0 unspecified atom stereocenters. The molecular formula is C13H17NO2. The first-order valence-electron chi connectivity index (χ1n) is 5.60. The van der Waals surface area contributed by atoms with Crippen molar-refractivity contribution in [2.45, 2.75) is 19.3 Å². The van der Waals surface area contributed by atoms with E-state index in [0.717, 1.165) is 12.1 Å². The molecule has 0 N–H and O–H groups in total. The number of nitrogens with zero attached hydrogens (tertiary/aromatic N) is 1. The topological polar surface area (TPSA) is 29.5 Å². The number of methoxy groups -OCH3 is 1. The lowest BCUT2D eigenvalue weighted by Crippen LogP contribution is -2.26. The van der Waals surface area contributed by atoms with Gasteiger partial charge in [0.15, 0.2) is 0 Å². The molecular weight excluding hydrogens is 202 g/mol. The number of carbonyl (C=O) groups is 1. The molecule has 86 valence electrons. The van der Waals surface area contributed by atoms with Crippen LogP contribution in [0.2, 0.25) is 0 Å². The smallest absolute Gasteiger partial charge is 0.325 e. The van der Waals surface area contributed by atoms with E-state index in [2.05, 4.69) is 22.9 Å². The largest absolute Gasteiger partial charge is 0.468 e. The van der Waals surface area contributed by atoms with Gasteiger partial charge in [-0.3, -0.25) is 4.79 Å². The third kappa shape index (κ3) is 2.18. The summed E-state index contributed by atoms with van der Waals surface area (Å²) < 4.78 is 4.65. The Kier molecular flexibility index (Phi) is 3.13. The number of hydrogen-bond acceptors (Lipinski definition) is 3. The van der Waals surface area contributed by atoms with Crippen LogP contribution in [0, 0.1) is 0 Å². The zero-order valence-electron chi connectivity index (χ0n) is 9.82. The predicted molar refractivity (Wildman–Crippen MR) is 63.8 cm³/mol. The molecule has 0 atom stereocenters. The number of benzene rings is 1. The third-order valence-corrected chi connectivity index (χ3v) is 3.12. The van der Waals surface area contributed by atoms with E-state index >= 15 is 0 Å². The van der Waals surface area contributed by atoms with Gasteiger partial charge in [-0.25, -0.2) is 0 Å². The van der Waals surface area contributed by atoms with Crippen LogP contribution in [0.3, 0.4) is 0 Å². The van der Waals surface area contributed by atoms with E-state index in [1.165, 1.54) is 31.1 Å². The molecule has 0 aromatic heterocycles. The minimum atomic E-state index is -0.206. The maximum Gasteiger partial charge on any atom is 0.325 e. The summed E-state index contributed by atoms with van der Waals surface area (Å²) in [5.41, 5.74) is 3.97. The molecule has 16 heavy (non-hydrogen) atoms. The van der Waals surface area contributed by atoms with Crippen LogP contribution in [-0.2, 0) is 22.4 Å². The number of anilines is 1. The van der Waals surface area contributed by atoms with Crippen LogP contribution >= 0.6 is 0 Å². The highest BCUT2D eigenvalue weighted by molar-refractivity contribution is 5.75. The van der Waals surface area contributed by atoms with Crippen LogP contribution in [0.25, 0.3) is 0 Å². The fourth-order valence-electron chi connectivity index (χ4n) is 2.15. The number of esters is 1. The SMILES string of the molecule is COC(=O)CN(C)c1ccc2c(c1)CCC2. The molecule has 0 amide bonds. The molecule has 1 aliphatic carbocycles. The first kappa shape index (κ1) is 11.0. The summed E-state index contributed by atoms with van der Waals surface area (Å²) in [7, 11) is 3.33. The van der Waals surface area contributed by atoms with E-state index < -0.39 is 0 Å². The van der Waals surface area contributed by atoms with Crippen molar-refractivity contribution in [3.8, 4) is 0 Å². The lowest BCUT2D eigenvalue weighted by molar-refractivity contribution is -0.138. The molecule has 0 radical (unpaired) electrons. The number of fused-ring (bicyclic) bond motifs is 1. The Morgan fingerprint density at radius 2 is 2.12 bits per heavy atom. The Balaban J connectivity index is 2.12. The predicted octanol–water partition coefficient (Wildman–Crippen LogP) is 1.78. The molecule has 3 nitrogen and oxygen atoms in total. The maximum atomic E-state index is 11.2. The molecule has 1 aliphatic rings. The van der Waals surface area contributed by atoms with Crippen molar-refractivity contribution in [2.75, 3.05) is 25.6 Å². The summed E-state index contributed by atoms with van der Waals surface area (Å²) in [6.07, 6.45) is 3.60. The second-order valence-electron chi connectivity index (χ2n) is 4.24. The molecule has 2 rings (SSSR count). The van der Waals surface area contributed by atoms with Gasteiger partial charge in [0, 0.05) is 12.7 Å². The van der Waals surface area contributed by atoms with E-state index in [9.17, 15) is 4.79 Å². The molecule has 0 saturated carbocycles. The molecule has 1 aromatic carbocycles. The summed E-state index contributed by atoms with van der Waals surface area (Å²) in [4.78, 5) is 13.1. The Hall–Kier alpha value is -1.51. The monoisotopic (exact) mass is 219 g/mol. The number of hydrogen-bond donors (Lipinski definition) is 0. The zero-order valence-corrected chi connectivity index (χ0v) is 9.82. The van der Waals surface area contributed by atoms with E-state index in [4.69, 9.17) is 0 Å². The van der Waals surface area contributed by atoms with E-state index in [1.54, 1.807) is 0 Å². The van der Waals surface area contributed by atoms with Gasteiger partial charge in [-0.1, -0.05) is 6.07 Å². The summed E-state index contributed by atoms with van der Waals surface area (Å²) in [5, 5.41) is 0. The van der Waals surface area contributed by atoms with Crippen LogP contribution in [0.4, 0.5) is 5.69 Å². The molecule has 1 aromatic rings. The fourth-order valence-corrected chi connectivity index (χ4v) is 2.15. The highest BCUT2D eigenvalue weighted by Gasteiger charge is 2.13. The van der Waals surface area contributed by atoms with Gasteiger partial charge in [0.2, 0.25) is 0 Å². The summed E-state index contributed by atoms with van der Waals surface area (Å²) in [5.74, 6) is -0.206. The van der Waals surface area contributed by atoms with Crippen molar-refractivity contribution in [1.29, 1.82) is 0 Å². The number of aryl methyl sites for hydroxylation is 2. The molecule has 3 heteroatoms. The molecule has 0 aliphatic heterocycles. The van der Waals surface area contributed by atoms with Gasteiger partial charge in [0.1, 0.15) is 6.54 Å². The average molecular weight is 219 g/mol. The molecule has 0 bridgehead atoms. The molecule has 0 spiro atoms. The highest BCUT2D eigenvalue weighted by Crippen LogP contribution is 2.26. The minimum Gasteiger partial charge on any atom is -0.468 e. The van der Waals surface area contributed by atoms with Crippen LogP contribution in [0.1, 0.15) is 17.5 Å². The van der Waals surface area contributed by atoms with Crippen molar-refractivity contribution in [2.24, 2.45) is 0 Å². The first-order chi connectivity index (χ1) is 7.70. The minimum absolute atomic E-state index is 0.206. The number of likely N-dealkylation sites (N-methyl/N-ethyl adjacent to an activating group) is 1. The Bertz CT molecular complexity index is 401. The average Bonchev–Trinajstić information content (AvgIpc) is 2.75. The van der Waals surface area contributed by atoms with Crippen molar-refractivity contribution in [3.63, 3.8) is 0 Å². The van der Waals surface area contributed by atoms with Gasteiger partial charge in [-0.2, -0.15) is 0 Å². The highest BCUT2D eigenvalue weighted by atomic mass is 16.5. The number of rotatable bonds is 3. The van der Waals surface area contributed by atoms with Gasteiger partial charge in [0.25, 0.3) is 0 Å². The van der Waals surface area contributed by atoms with Gasteiger partial charge in [0.05, 0.1) is 7.11 Å². The van der Waals surface area contributed by atoms with Crippen molar-refractivity contribution >= 4 is 11.7 Å². The first-order valence-corrected chi connectivity index (χ1v) is 5.60. The summed E-state index contributed by atoms with van der Waals surface area (Å²) in [6.45, 7) is 0.301. The third-order valence-electron chi connectivity index (χ3n) is 3.12. The lowest BCUT2D eigenvalue weighted by Gasteiger charge is -2.18. The summed E-state index contributed by atoms with van der Waals surface area (Å²) >= 11 is 0.